The molecular formula is C12H20O3S. The van der Waals surface area contributed by atoms with Gasteiger partial charge in [-0.2, -0.15) is 8.42 Å². The van der Waals surface area contributed by atoms with E-state index < -0.39 is 10.1 Å². The van der Waals surface area contributed by atoms with Gasteiger partial charge in [0.25, 0.3) is 10.1 Å². The van der Waals surface area contributed by atoms with Crippen molar-refractivity contribution in [1.29, 1.82) is 0 Å². The van der Waals surface area contributed by atoms with E-state index in [1.165, 1.54) is 12.8 Å². The summed E-state index contributed by atoms with van der Waals surface area (Å²) in [6.07, 6.45) is 6.97. The number of rotatable bonds is 8. The zero-order chi connectivity index (χ0) is 12.3. The molecular weight excluding hydrogens is 224 g/mol. The lowest BCUT2D eigenvalue weighted by Gasteiger charge is -1.96. The average Bonchev–Trinajstić information content (AvgIpc) is 2.23. The van der Waals surface area contributed by atoms with Gasteiger partial charge in [-0.15, -0.1) is 5.92 Å². The minimum Gasteiger partial charge on any atom is -0.254 e. The van der Waals surface area contributed by atoms with Crippen molar-refractivity contribution < 1.29 is 12.6 Å². The molecule has 0 aromatic heterocycles. The first-order valence-electron chi connectivity index (χ1n) is 5.58. The molecule has 0 rings (SSSR count). The molecule has 0 N–H and O–H groups in total. The van der Waals surface area contributed by atoms with Crippen molar-refractivity contribution in [3.05, 3.63) is 11.5 Å². The van der Waals surface area contributed by atoms with E-state index in [9.17, 15) is 8.42 Å². The Morgan fingerprint density at radius 3 is 2.62 bits per heavy atom. The van der Waals surface area contributed by atoms with Crippen LogP contribution in [0.15, 0.2) is 11.5 Å². The van der Waals surface area contributed by atoms with Crippen molar-refractivity contribution in [2.24, 2.45) is 0 Å². The maximum Gasteiger partial charge on any atom is 0.290 e. The van der Waals surface area contributed by atoms with Crippen LogP contribution in [0.3, 0.4) is 0 Å². The van der Waals surface area contributed by atoms with E-state index in [0.29, 0.717) is 0 Å². The summed E-state index contributed by atoms with van der Waals surface area (Å²) < 4.78 is 27.0. The van der Waals surface area contributed by atoms with Crippen LogP contribution >= 0.6 is 0 Å². The second kappa shape index (κ2) is 9.44. The van der Waals surface area contributed by atoms with Crippen molar-refractivity contribution in [3.8, 4) is 11.8 Å². The molecule has 0 fully saturated rings. The van der Waals surface area contributed by atoms with Crippen LogP contribution in [0.4, 0.5) is 0 Å². The van der Waals surface area contributed by atoms with Gasteiger partial charge in [0.1, 0.15) is 6.61 Å². The number of hydrogen-bond acceptors (Lipinski definition) is 3. The van der Waals surface area contributed by atoms with Crippen LogP contribution in [0, 0.1) is 11.8 Å². The maximum atomic E-state index is 11.2. The van der Waals surface area contributed by atoms with E-state index in [1.54, 1.807) is 13.0 Å². The molecule has 0 aliphatic heterocycles. The molecule has 0 heterocycles. The molecule has 92 valence electrons. The number of allylic oxidation sites excluding steroid dienone is 1. The lowest BCUT2D eigenvalue weighted by molar-refractivity contribution is 0.370. The van der Waals surface area contributed by atoms with E-state index in [-0.39, 0.29) is 6.61 Å². The normalized spacial score (nSPS) is 11.4. The first-order valence-corrected chi connectivity index (χ1v) is 7.05. The summed E-state index contributed by atoms with van der Waals surface area (Å²) in [7, 11) is -3.53. The third-order valence-electron chi connectivity index (χ3n) is 1.96. The number of unbranched alkanes of at least 4 members (excludes halogenated alkanes) is 4. The molecule has 0 unspecified atom stereocenters. The van der Waals surface area contributed by atoms with Crippen molar-refractivity contribution in [3.63, 3.8) is 0 Å². The fourth-order valence-electron chi connectivity index (χ4n) is 1.10. The van der Waals surface area contributed by atoms with E-state index in [0.717, 1.165) is 24.7 Å². The molecule has 0 aliphatic carbocycles. The Balaban J connectivity index is 3.77. The van der Waals surface area contributed by atoms with Crippen LogP contribution in [-0.2, 0) is 14.3 Å². The fraction of sp³-hybridized carbons (Fsp3) is 0.667. The maximum absolute atomic E-state index is 11.2. The quantitative estimate of drug-likeness (QED) is 0.374. The highest BCUT2D eigenvalue weighted by Crippen LogP contribution is 2.04. The molecule has 16 heavy (non-hydrogen) atoms. The Labute approximate surface area is 99.0 Å². The Morgan fingerprint density at radius 1 is 1.25 bits per heavy atom. The minimum atomic E-state index is -3.53. The molecule has 0 saturated heterocycles. The van der Waals surface area contributed by atoms with Gasteiger partial charge in [-0.1, -0.05) is 38.2 Å². The van der Waals surface area contributed by atoms with Gasteiger partial charge >= 0.3 is 0 Å². The number of hydrogen-bond donors (Lipinski definition) is 0. The molecule has 0 aromatic carbocycles. The Bertz CT molecular complexity index is 344. The second-order valence-corrected chi connectivity index (χ2v) is 4.90. The van der Waals surface area contributed by atoms with Crippen LogP contribution in [-0.4, -0.2) is 15.0 Å². The van der Waals surface area contributed by atoms with Crippen molar-refractivity contribution >= 4 is 10.1 Å². The monoisotopic (exact) mass is 244 g/mol. The second-order valence-electron chi connectivity index (χ2n) is 3.40. The average molecular weight is 244 g/mol. The minimum absolute atomic E-state index is 0.0704. The molecule has 3 nitrogen and oxygen atoms in total. The Hall–Kier alpha value is -0.790. The molecule has 0 bridgehead atoms. The lowest BCUT2D eigenvalue weighted by atomic mass is 10.2. The summed E-state index contributed by atoms with van der Waals surface area (Å²) in [4.78, 5) is 0. The lowest BCUT2D eigenvalue weighted by Crippen LogP contribution is -2.01. The van der Waals surface area contributed by atoms with Gasteiger partial charge in [-0.05, 0) is 19.8 Å². The molecule has 0 atom stereocenters. The van der Waals surface area contributed by atoms with Crippen LogP contribution in [0.25, 0.3) is 0 Å². The molecule has 0 saturated carbocycles. The highest BCUT2D eigenvalue weighted by Gasteiger charge is 2.03. The van der Waals surface area contributed by atoms with Crippen molar-refractivity contribution in [2.45, 2.75) is 46.0 Å². The van der Waals surface area contributed by atoms with Crippen LogP contribution in [0.2, 0.25) is 0 Å². The van der Waals surface area contributed by atoms with E-state index in [4.69, 9.17) is 0 Å². The highest BCUT2D eigenvalue weighted by molar-refractivity contribution is 7.89. The third-order valence-corrected chi connectivity index (χ3v) is 2.93. The van der Waals surface area contributed by atoms with Gasteiger partial charge in [-0.3, -0.25) is 4.18 Å². The third kappa shape index (κ3) is 9.75. The van der Waals surface area contributed by atoms with E-state index in [1.807, 2.05) is 0 Å². The van der Waals surface area contributed by atoms with Crippen molar-refractivity contribution in [2.75, 3.05) is 6.61 Å². The largest absolute Gasteiger partial charge is 0.290 e. The van der Waals surface area contributed by atoms with Gasteiger partial charge < -0.3 is 0 Å². The van der Waals surface area contributed by atoms with Gasteiger partial charge in [0.15, 0.2) is 0 Å². The zero-order valence-electron chi connectivity index (χ0n) is 10.0. The predicted molar refractivity (Wildman–Crippen MR) is 66.2 cm³/mol. The summed E-state index contributed by atoms with van der Waals surface area (Å²) in [5, 5.41) is 1.12. The summed E-state index contributed by atoms with van der Waals surface area (Å²) in [6.45, 7) is 3.71. The van der Waals surface area contributed by atoms with Crippen LogP contribution in [0.5, 0.6) is 0 Å². The van der Waals surface area contributed by atoms with Gasteiger partial charge in [0.05, 0.1) is 5.41 Å². The highest BCUT2D eigenvalue weighted by atomic mass is 32.2. The fourth-order valence-corrected chi connectivity index (χ4v) is 1.77. The SMILES string of the molecule is CC#CCOS(=O)(=O)/C=C/CCCCCC. The smallest absolute Gasteiger partial charge is 0.254 e. The van der Waals surface area contributed by atoms with Crippen LogP contribution in [0.1, 0.15) is 46.0 Å². The summed E-state index contributed by atoms with van der Waals surface area (Å²) in [5.74, 6) is 5.10. The predicted octanol–water partition coefficient (Wildman–Crippen LogP) is 2.84. The summed E-state index contributed by atoms with van der Waals surface area (Å²) in [6, 6.07) is 0. The first kappa shape index (κ1) is 15.2. The van der Waals surface area contributed by atoms with Crippen LogP contribution < -0.4 is 0 Å². The molecule has 4 heteroatoms. The van der Waals surface area contributed by atoms with Crippen molar-refractivity contribution in [1.82, 2.24) is 0 Å². The zero-order valence-corrected chi connectivity index (χ0v) is 10.8. The Kier molecular flexibility index (Phi) is 8.97. The standard InChI is InChI=1S/C12H20O3S/c1-3-5-7-8-9-10-12-16(13,14)15-11-6-4-2/h10,12H,3,5,7-9,11H2,1-2H3/b12-10+. The first-order chi connectivity index (χ1) is 7.62. The molecule has 0 aromatic rings. The summed E-state index contributed by atoms with van der Waals surface area (Å²) >= 11 is 0. The van der Waals surface area contributed by atoms with Gasteiger partial charge in [0, 0.05) is 0 Å². The summed E-state index contributed by atoms with van der Waals surface area (Å²) in [5.41, 5.74) is 0. The molecule has 0 aliphatic rings. The van der Waals surface area contributed by atoms with E-state index >= 15 is 0 Å². The van der Waals surface area contributed by atoms with Gasteiger partial charge in [-0.25, -0.2) is 0 Å². The van der Waals surface area contributed by atoms with E-state index in [2.05, 4.69) is 22.9 Å². The molecule has 0 amide bonds. The Morgan fingerprint density at radius 2 is 2.00 bits per heavy atom. The topological polar surface area (TPSA) is 43.4 Å². The van der Waals surface area contributed by atoms with Gasteiger partial charge in [0.2, 0.25) is 0 Å². The molecule has 0 radical (unpaired) electrons. The molecule has 0 spiro atoms.